The molecular weight excluding hydrogens is 284 g/mol. The standard InChI is InChI=1S/C15H18N4O3/c20-14(4-5-15(21)22)18-9-2-1-3-12(18)11-7-10-19-13(17-11)6-8-16-19/h6-8,10,12H,1-5,9H2,(H,21,22)/t12-/m1/s1. The molecule has 0 aromatic carbocycles. The molecule has 1 atom stereocenters. The van der Waals surface area contributed by atoms with Crippen LogP contribution in [0.5, 0.6) is 0 Å². The van der Waals surface area contributed by atoms with E-state index in [1.54, 1.807) is 15.6 Å². The van der Waals surface area contributed by atoms with Crippen LogP contribution in [0.4, 0.5) is 0 Å². The molecule has 0 unspecified atom stereocenters. The monoisotopic (exact) mass is 302 g/mol. The highest BCUT2D eigenvalue weighted by atomic mass is 16.4. The van der Waals surface area contributed by atoms with Gasteiger partial charge < -0.3 is 10.0 Å². The molecule has 7 heteroatoms. The molecule has 1 N–H and O–H groups in total. The molecule has 7 nitrogen and oxygen atoms in total. The van der Waals surface area contributed by atoms with Gasteiger partial charge in [-0.25, -0.2) is 9.50 Å². The summed E-state index contributed by atoms with van der Waals surface area (Å²) >= 11 is 0. The third-order valence-corrected chi connectivity index (χ3v) is 4.00. The molecule has 0 saturated carbocycles. The molecule has 1 aliphatic rings. The summed E-state index contributed by atoms with van der Waals surface area (Å²) in [7, 11) is 0. The van der Waals surface area contributed by atoms with E-state index < -0.39 is 5.97 Å². The van der Waals surface area contributed by atoms with E-state index in [-0.39, 0.29) is 24.8 Å². The normalized spacial score (nSPS) is 18.5. The van der Waals surface area contributed by atoms with Gasteiger partial charge in [0.15, 0.2) is 5.65 Å². The van der Waals surface area contributed by atoms with Crippen molar-refractivity contribution in [2.24, 2.45) is 0 Å². The highest BCUT2D eigenvalue weighted by Gasteiger charge is 2.29. The second kappa shape index (κ2) is 6.13. The average Bonchev–Trinajstić information content (AvgIpc) is 3.00. The Balaban J connectivity index is 1.82. The first-order valence-electron chi connectivity index (χ1n) is 7.47. The van der Waals surface area contributed by atoms with Gasteiger partial charge >= 0.3 is 5.97 Å². The lowest BCUT2D eigenvalue weighted by atomic mass is 9.98. The number of nitrogens with zero attached hydrogens (tertiary/aromatic N) is 4. The number of carbonyl (C=O) groups is 2. The number of rotatable bonds is 4. The van der Waals surface area contributed by atoms with Crippen molar-refractivity contribution in [3.05, 3.63) is 30.2 Å². The first-order chi connectivity index (χ1) is 10.6. The van der Waals surface area contributed by atoms with Gasteiger partial charge in [0, 0.05) is 25.2 Å². The van der Waals surface area contributed by atoms with Gasteiger partial charge in [-0.1, -0.05) is 0 Å². The van der Waals surface area contributed by atoms with Crippen LogP contribution in [-0.2, 0) is 9.59 Å². The molecule has 3 rings (SSSR count). The molecule has 2 aromatic rings. The Kier molecular flexibility index (Phi) is 4.04. The lowest BCUT2D eigenvalue weighted by Crippen LogP contribution is -2.39. The van der Waals surface area contributed by atoms with E-state index >= 15 is 0 Å². The van der Waals surface area contributed by atoms with E-state index in [1.165, 1.54) is 0 Å². The Labute approximate surface area is 127 Å². The van der Waals surface area contributed by atoms with Crippen molar-refractivity contribution < 1.29 is 14.7 Å². The van der Waals surface area contributed by atoms with Crippen LogP contribution in [0.3, 0.4) is 0 Å². The van der Waals surface area contributed by atoms with Crippen molar-refractivity contribution in [1.82, 2.24) is 19.5 Å². The van der Waals surface area contributed by atoms with Crippen LogP contribution in [0.25, 0.3) is 5.65 Å². The van der Waals surface area contributed by atoms with Crippen molar-refractivity contribution in [2.75, 3.05) is 6.54 Å². The number of amides is 1. The Morgan fingerprint density at radius 3 is 2.95 bits per heavy atom. The Hall–Kier alpha value is -2.44. The van der Waals surface area contributed by atoms with Crippen LogP contribution in [0.2, 0.25) is 0 Å². The average molecular weight is 302 g/mol. The summed E-state index contributed by atoms with van der Waals surface area (Å²) in [5.74, 6) is -1.05. The van der Waals surface area contributed by atoms with Crippen LogP contribution >= 0.6 is 0 Å². The maximum absolute atomic E-state index is 12.3. The summed E-state index contributed by atoms with van der Waals surface area (Å²) < 4.78 is 1.68. The van der Waals surface area contributed by atoms with E-state index in [2.05, 4.69) is 10.1 Å². The summed E-state index contributed by atoms with van der Waals surface area (Å²) in [4.78, 5) is 29.3. The summed E-state index contributed by atoms with van der Waals surface area (Å²) in [5.41, 5.74) is 1.59. The molecule has 116 valence electrons. The predicted molar refractivity (Wildman–Crippen MR) is 78.2 cm³/mol. The highest BCUT2D eigenvalue weighted by molar-refractivity contribution is 5.81. The summed E-state index contributed by atoms with van der Waals surface area (Å²) in [6, 6.07) is 3.63. The van der Waals surface area contributed by atoms with Gasteiger partial charge in [0.1, 0.15) is 0 Å². The highest BCUT2D eigenvalue weighted by Crippen LogP contribution is 2.30. The molecule has 0 radical (unpaired) electrons. The number of carboxylic acid groups (broad SMARTS) is 1. The van der Waals surface area contributed by atoms with E-state index in [0.29, 0.717) is 6.54 Å². The second-order valence-corrected chi connectivity index (χ2v) is 5.48. The lowest BCUT2D eigenvalue weighted by molar-refractivity contribution is -0.142. The summed E-state index contributed by atoms with van der Waals surface area (Å²) in [5, 5.41) is 12.9. The number of carboxylic acids is 1. The lowest BCUT2D eigenvalue weighted by Gasteiger charge is -2.35. The Morgan fingerprint density at radius 2 is 2.14 bits per heavy atom. The summed E-state index contributed by atoms with van der Waals surface area (Å²) in [6.45, 7) is 0.662. The minimum Gasteiger partial charge on any atom is -0.481 e. The third-order valence-electron chi connectivity index (χ3n) is 4.00. The van der Waals surface area contributed by atoms with E-state index in [1.807, 2.05) is 18.3 Å². The maximum Gasteiger partial charge on any atom is 0.303 e. The van der Waals surface area contributed by atoms with Crippen LogP contribution in [0.15, 0.2) is 24.5 Å². The van der Waals surface area contributed by atoms with Crippen LogP contribution in [-0.4, -0.2) is 43.0 Å². The molecule has 0 aliphatic carbocycles. The minimum atomic E-state index is -0.944. The fourth-order valence-electron chi connectivity index (χ4n) is 2.91. The second-order valence-electron chi connectivity index (χ2n) is 5.48. The predicted octanol–water partition coefficient (Wildman–Crippen LogP) is 1.65. The molecule has 0 bridgehead atoms. The van der Waals surface area contributed by atoms with Crippen molar-refractivity contribution in [3.63, 3.8) is 0 Å². The van der Waals surface area contributed by atoms with Crippen molar-refractivity contribution in [3.8, 4) is 0 Å². The summed E-state index contributed by atoms with van der Waals surface area (Å²) in [6.07, 6.45) is 6.28. The number of aliphatic carboxylic acids is 1. The van der Waals surface area contributed by atoms with Crippen LogP contribution in [0, 0.1) is 0 Å². The van der Waals surface area contributed by atoms with E-state index in [0.717, 1.165) is 30.6 Å². The van der Waals surface area contributed by atoms with Crippen LogP contribution in [0.1, 0.15) is 43.8 Å². The van der Waals surface area contributed by atoms with Crippen molar-refractivity contribution in [1.29, 1.82) is 0 Å². The Morgan fingerprint density at radius 1 is 1.27 bits per heavy atom. The smallest absolute Gasteiger partial charge is 0.303 e. The van der Waals surface area contributed by atoms with Gasteiger partial charge in [0.25, 0.3) is 0 Å². The Bertz CT molecular complexity index is 697. The van der Waals surface area contributed by atoms with Gasteiger partial charge in [-0.2, -0.15) is 5.10 Å². The fraction of sp³-hybridized carbons (Fsp3) is 0.467. The quantitative estimate of drug-likeness (QED) is 0.927. The van der Waals surface area contributed by atoms with Gasteiger partial charge in [0.05, 0.1) is 24.4 Å². The minimum absolute atomic E-state index is 0.0424. The zero-order valence-corrected chi connectivity index (χ0v) is 12.2. The number of carbonyl (C=O) groups excluding carboxylic acids is 1. The van der Waals surface area contributed by atoms with Crippen molar-refractivity contribution in [2.45, 2.75) is 38.1 Å². The fourth-order valence-corrected chi connectivity index (χ4v) is 2.91. The van der Waals surface area contributed by atoms with Gasteiger partial charge in [-0.05, 0) is 25.3 Å². The molecule has 2 aromatic heterocycles. The number of piperidine rings is 1. The molecule has 1 fully saturated rings. The van der Waals surface area contributed by atoms with E-state index in [4.69, 9.17) is 5.11 Å². The number of hydrogen-bond donors (Lipinski definition) is 1. The molecule has 22 heavy (non-hydrogen) atoms. The maximum atomic E-state index is 12.3. The first-order valence-corrected chi connectivity index (χ1v) is 7.47. The molecule has 1 amide bonds. The topological polar surface area (TPSA) is 87.8 Å². The molecule has 1 saturated heterocycles. The number of aromatic nitrogens is 3. The van der Waals surface area contributed by atoms with Gasteiger partial charge in [-0.15, -0.1) is 0 Å². The number of likely N-dealkylation sites (tertiary alicyclic amines) is 1. The largest absolute Gasteiger partial charge is 0.481 e. The van der Waals surface area contributed by atoms with Gasteiger partial charge in [0.2, 0.25) is 5.91 Å². The molecule has 1 aliphatic heterocycles. The zero-order valence-electron chi connectivity index (χ0n) is 12.2. The van der Waals surface area contributed by atoms with Crippen LogP contribution < -0.4 is 0 Å². The first kappa shape index (κ1) is 14.5. The SMILES string of the molecule is O=C(O)CCC(=O)N1CCCC[C@@H]1c1ccn2nccc2n1. The number of fused-ring (bicyclic) bond motifs is 1. The van der Waals surface area contributed by atoms with E-state index in [9.17, 15) is 9.59 Å². The molecular formula is C15H18N4O3. The zero-order chi connectivity index (χ0) is 15.5. The van der Waals surface area contributed by atoms with Crippen molar-refractivity contribution >= 4 is 17.5 Å². The molecule has 0 spiro atoms. The van der Waals surface area contributed by atoms with Gasteiger partial charge in [-0.3, -0.25) is 9.59 Å². The molecule has 3 heterocycles. The third kappa shape index (κ3) is 2.93. The number of hydrogen-bond acceptors (Lipinski definition) is 4.